The molecule has 0 saturated carbocycles. The first-order valence-corrected chi connectivity index (χ1v) is 6.42. The number of thiazole rings is 1. The highest BCUT2D eigenvalue weighted by Gasteiger charge is 2.19. The molecule has 0 spiro atoms. The molecule has 20 heavy (non-hydrogen) atoms. The van der Waals surface area contributed by atoms with Crippen LogP contribution in [0.4, 0.5) is 10.5 Å². The van der Waals surface area contributed by atoms with E-state index in [-0.39, 0.29) is 15.4 Å². The molecule has 7 nitrogen and oxygen atoms in total. The van der Waals surface area contributed by atoms with Crippen LogP contribution in [0.3, 0.4) is 0 Å². The molecule has 0 aliphatic heterocycles. The minimum absolute atomic E-state index is 0.0254. The molecule has 104 valence electrons. The van der Waals surface area contributed by atoms with E-state index in [0.29, 0.717) is 5.69 Å². The van der Waals surface area contributed by atoms with Crippen molar-refractivity contribution in [1.82, 2.24) is 4.57 Å². The lowest BCUT2D eigenvalue weighted by Gasteiger charge is -2.07. The lowest BCUT2D eigenvalue weighted by atomic mass is 10.3. The smallest absolute Gasteiger partial charge is 0.347 e. The van der Waals surface area contributed by atoms with Crippen LogP contribution in [0.15, 0.2) is 35.4 Å². The monoisotopic (exact) mass is 292 g/mol. The van der Waals surface area contributed by atoms with Gasteiger partial charge in [-0.15, -0.1) is 0 Å². The van der Waals surface area contributed by atoms with Gasteiger partial charge < -0.3 is 16.3 Å². The molecule has 0 bridgehead atoms. The summed E-state index contributed by atoms with van der Waals surface area (Å²) in [5.41, 5.74) is 0.871. The molecule has 0 aliphatic carbocycles. The van der Waals surface area contributed by atoms with Crippen molar-refractivity contribution in [1.29, 1.82) is 0 Å². The Kier molecular flexibility index (Phi) is 3.85. The van der Waals surface area contributed by atoms with Crippen LogP contribution in [0.25, 0.3) is 0 Å². The van der Waals surface area contributed by atoms with Crippen LogP contribution in [-0.2, 0) is 0 Å². The highest BCUT2D eigenvalue weighted by molar-refractivity contribution is 7.11. The van der Waals surface area contributed by atoms with Gasteiger partial charge in [0.15, 0.2) is 0 Å². The summed E-state index contributed by atoms with van der Waals surface area (Å²) < 4.78 is 1.14. The van der Waals surface area contributed by atoms with Crippen LogP contribution in [0, 0.1) is 6.92 Å². The zero-order valence-electron chi connectivity index (χ0n) is 10.5. The van der Waals surface area contributed by atoms with Crippen molar-refractivity contribution in [3.8, 4) is 0 Å². The number of amides is 1. The Morgan fingerprint density at radius 2 is 2.00 bits per heavy atom. The van der Waals surface area contributed by atoms with Gasteiger partial charge in [-0.25, -0.2) is 14.2 Å². The number of rotatable bonds is 2. The van der Waals surface area contributed by atoms with Crippen LogP contribution in [-0.4, -0.2) is 21.7 Å². The van der Waals surface area contributed by atoms with Gasteiger partial charge in [-0.05, 0) is 19.1 Å². The first kappa shape index (κ1) is 13.8. The number of carboxylic acid groups (broad SMARTS) is 1. The predicted octanol–water partition coefficient (Wildman–Crippen LogP) is 1.41. The molecule has 0 fully saturated rings. The zero-order valence-corrected chi connectivity index (χ0v) is 11.3. The zero-order chi connectivity index (χ0) is 14.7. The number of carbonyl (C=O) groups excluding carboxylic acids is 1. The van der Waals surface area contributed by atoms with Crippen LogP contribution < -0.4 is 16.0 Å². The average Bonchev–Trinajstić information content (AvgIpc) is 2.77. The van der Waals surface area contributed by atoms with E-state index in [4.69, 9.17) is 10.9 Å². The Balaban J connectivity index is 2.42. The van der Waals surface area contributed by atoms with Gasteiger partial charge in [0.05, 0.1) is 5.69 Å². The Morgan fingerprint density at radius 3 is 2.55 bits per heavy atom. The van der Waals surface area contributed by atoms with E-state index in [1.54, 1.807) is 24.3 Å². The Labute approximate surface area is 118 Å². The molecular weight excluding hydrogens is 280 g/mol. The van der Waals surface area contributed by atoms with E-state index >= 15 is 0 Å². The molecule has 0 atom stereocenters. The second-order valence-electron chi connectivity index (χ2n) is 3.87. The van der Waals surface area contributed by atoms with Gasteiger partial charge in [-0.3, -0.25) is 0 Å². The number of nitrogens with one attached hydrogen (secondary N) is 1. The van der Waals surface area contributed by atoms with Crippen molar-refractivity contribution in [2.75, 3.05) is 5.32 Å². The largest absolute Gasteiger partial charge is 0.477 e. The van der Waals surface area contributed by atoms with Crippen molar-refractivity contribution in [3.63, 3.8) is 0 Å². The summed E-state index contributed by atoms with van der Waals surface area (Å²) in [5.74, 6) is 4.08. The van der Waals surface area contributed by atoms with Crippen molar-refractivity contribution in [2.24, 2.45) is 10.9 Å². The molecule has 0 aliphatic rings. The quantitative estimate of drug-likeness (QED) is 0.574. The molecule has 4 N–H and O–H groups in total. The number of benzene rings is 1. The number of carboxylic acids is 1. The third kappa shape index (κ3) is 2.54. The summed E-state index contributed by atoms with van der Waals surface area (Å²) in [6.07, 6.45) is 0. The lowest BCUT2D eigenvalue weighted by molar-refractivity contribution is 0.0701. The number of anilines is 1. The Morgan fingerprint density at radius 1 is 1.35 bits per heavy atom. The van der Waals surface area contributed by atoms with E-state index in [1.165, 1.54) is 6.92 Å². The van der Waals surface area contributed by atoms with E-state index < -0.39 is 12.0 Å². The molecule has 0 unspecified atom stereocenters. The predicted molar refractivity (Wildman–Crippen MR) is 74.6 cm³/mol. The second kappa shape index (κ2) is 5.57. The van der Waals surface area contributed by atoms with E-state index in [0.717, 1.165) is 15.9 Å². The Bertz CT molecular complexity index is 718. The number of aromatic carboxylic acids is 1. The average molecular weight is 292 g/mol. The number of aromatic nitrogens is 1. The molecule has 1 heterocycles. The fourth-order valence-corrected chi connectivity index (χ4v) is 2.55. The van der Waals surface area contributed by atoms with E-state index in [2.05, 4.69) is 10.4 Å². The molecule has 8 heteroatoms. The molecule has 0 radical (unpaired) electrons. The van der Waals surface area contributed by atoms with Gasteiger partial charge >= 0.3 is 12.0 Å². The number of carbonyl (C=O) groups is 2. The van der Waals surface area contributed by atoms with E-state index in [9.17, 15) is 9.59 Å². The first-order valence-electron chi connectivity index (χ1n) is 5.60. The molecule has 1 amide bonds. The fraction of sp³-hybridized carbons (Fsp3) is 0.0833. The van der Waals surface area contributed by atoms with Crippen molar-refractivity contribution in [3.05, 3.63) is 45.7 Å². The molecule has 1 aromatic carbocycles. The summed E-state index contributed by atoms with van der Waals surface area (Å²) in [4.78, 5) is 23.4. The third-order valence-electron chi connectivity index (χ3n) is 2.58. The third-order valence-corrected chi connectivity index (χ3v) is 3.73. The topological polar surface area (TPSA) is 110 Å². The highest BCUT2D eigenvalue weighted by atomic mass is 32.1. The van der Waals surface area contributed by atoms with Gasteiger partial charge in [-0.2, -0.15) is 5.10 Å². The van der Waals surface area contributed by atoms with Crippen LogP contribution in [0.2, 0.25) is 0 Å². The van der Waals surface area contributed by atoms with Gasteiger partial charge in [-0.1, -0.05) is 29.5 Å². The van der Waals surface area contributed by atoms with Gasteiger partial charge in [0, 0.05) is 5.69 Å². The normalized spacial score (nSPS) is 11.3. The SMILES string of the molecule is Cc1c(C(=O)O)sc(=NN)n1C(=O)Nc1ccccc1. The maximum Gasteiger partial charge on any atom is 0.347 e. The van der Waals surface area contributed by atoms with Gasteiger partial charge in [0.2, 0.25) is 4.80 Å². The van der Waals surface area contributed by atoms with E-state index in [1.807, 2.05) is 6.07 Å². The van der Waals surface area contributed by atoms with Crippen molar-refractivity contribution in [2.45, 2.75) is 6.92 Å². The molecule has 0 saturated heterocycles. The maximum absolute atomic E-state index is 12.2. The number of nitrogens with two attached hydrogens (primary N) is 1. The summed E-state index contributed by atoms with van der Waals surface area (Å²) in [7, 11) is 0. The van der Waals surface area contributed by atoms with Crippen LogP contribution in [0.5, 0.6) is 0 Å². The van der Waals surface area contributed by atoms with Gasteiger partial charge in [0.1, 0.15) is 4.88 Å². The van der Waals surface area contributed by atoms with Crippen LogP contribution in [0.1, 0.15) is 15.4 Å². The summed E-state index contributed by atoms with van der Waals surface area (Å²) in [6, 6.07) is 8.30. The maximum atomic E-state index is 12.2. The summed E-state index contributed by atoms with van der Waals surface area (Å²) in [6.45, 7) is 1.53. The lowest BCUT2D eigenvalue weighted by Crippen LogP contribution is -2.30. The number of hydrogen-bond donors (Lipinski definition) is 3. The van der Waals surface area contributed by atoms with Crippen molar-refractivity contribution >= 4 is 29.0 Å². The first-order chi connectivity index (χ1) is 9.54. The molecule has 2 aromatic rings. The minimum atomic E-state index is -1.12. The second-order valence-corrected chi connectivity index (χ2v) is 4.84. The fourth-order valence-electron chi connectivity index (χ4n) is 1.68. The van der Waals surface area contributed by atoms with Gasteiger partial charge in [0.25, 0.3) is 0 Å². The minimum Gasteiger partial charge on any atom is -0.477 e. The number of nitrogens with zero attached hydrogens (tertiary/aromatic N) is 2. The standard InChI is InChI=1S/C12H12N4O3S/c1-7-9(10(17)18)20-12(15-13)16(7)11(19)14-8-5-3-2-4-6-8/h2-6H,13H2,1H3,(H,14,19)(H,17,18). The summed E-state index contributed by atoms with van der Waals surface area (Å²) in [5, 5.41) is 15.2. The molecular formula is C12H12N4O3S. The molecule has 2 rings (SSSR count). The molecule has 1 aromatic heterocycles. The highest BCUT2D eigenvalue weighted by Crippen LogP contribution is 2.13. The Hall–Kier alpha value is -2.61. The summed E-state index contributed by atoms with van der Waals surface area (Å²) >= 11 is 0.844. The van der Waals surface area contributed by atoms with Crippen LogP contribution >= 0.6 is 11.3 Å². The van der Waals surface area contributed by atoms with Crippen molar-refractivity contribution < 1.29 is 14.7 Å². The number of hydrogen-bond acceptors (Lipinski definition) is 5. The number of para-hydroxylation sites is 1.